The predicted molar refractivity (Wildman–Crippen MR) is 20.5 cm³/mol. The molecule has 0 aliphatic rings. The van der Waals surface area contributed by atoms with Crippen LogP contribution >= 0.6 is 0 Å². The van der Waals surface area contributed by atoms with Crippen molar-refractivity contribution in [2.75, 3.05) is 0 Å². The molecular weight excluding hydrogens is 48.8 g/mol. The predicted octanol–water partition coefficient (Wildman–Crippen LogP) is -1.29. The molecule has 4 heavy (non-hydrogen) atoms. The molecule has 0 fully saturated rings. The van der Waals surface area contributed by atoms with Crippen molar-refractivity contribution >= 4 is 7.98 Å². The number of hydrogen-bond donors (Lipinski definition) is 1. The summed E-state index contributed by atoms with van der Waals surface area (Å²) in [7, 11) is 1.69. The molecule has 0 atom stereocenters. The van der Waals surface area contributed by atoms with E-state index in [1.165, 1.54) is 0 Å². The third kappa shape index (κ3) is 1.42. The molecule has 0 spiro atoms. The van der Waals surface area contributed by atoms with E-state index in [0.717, 1.165) is 0 Å². The van der Waals surface area contributed by atoms with Gasteiger partial charge in [0.15, 0.2) is 0 Å². The van der Waals surface area contributed by atoms with Crippen molar-refractivity contribution < 1.29 is 0 Å². The van der Waals surface area contributed by atoms with E-state index in [9.17, 15) is 0 Å². The lowest BCUT2D eigenvalue weighted by Gasteiger charge is -1.64. The molecule has 20 valence electrons. The van der Waals surface area contributed by atoms with E-state index in [1.807, 2.05) is 0 Å². The van der Waals surface area contributed by atoms with Crippen LogP contribution in [0.1, 0.15) is 0 Å². The van der Waals surface area contributed by atoms with Gasteiger partial charge in [0.2, 0.25) is 7.98 Å². The van der Waals surface area contributed by atoms with Gasteiger partial charge < -0.3 is 5.23 Å². The third-order valence-corrected chi connectivity index (χ3v) is 0.144. The van der Waals surface area contributed by atoms with Crippen molar-refractivity contribution in [2.45, 2.75) is 0 Å². The van der Waals surface area contributed by atoms with E-state index in [0.29, 0.717) is 0 Å². The maximum atomic E-state index is 4.67. The van der Waals surface area contributed by atoms with Crippen molar-refractivity contribution in [1.29, 1.82) is 0 Å². The van der Waals surface area contributed by atoms with E-state index >= 15 is 0 Å². The first kappa shape index (κ1) is 3.42. The highest BCUT2D eigenvalue weighted by atomic mass is 14.7. The number of rotatable bonds is 0. The second-order valence-corrected chi connectivity index (χ2v) is 0.394. The van der Waals surface area contributed by atoms with Gasteiger partial charge in [-0.05, 0) is 6.04 Å². The van der Waals surface area contributed by atoms with Crippen LogP contribution in [0.3, 0.4) is 0 Å². The minimum Gasteiger partial charge on any atom is -0.395 e. The van der Waals surface area contributed by atoms with E-state index < -0.39 is 0 Å². The summed E-state index contributed by atoms with van der Waals surface area (Å²) in [4.78, 5) is 0. The van der Waals surface area contributed by atoms with Gasteiger partial charge in [-0.2, -0.15) is 0 Å². The fraction of sp³-hybridized carbons (Fsp3) is 0. The standard InChI is InChI=1S/C2H4BN/c1-2-4-3/h1,4H,3H2. The SMILES string of the molecule is BNC#C. The smallest absolute Gasteiger partial charge is 0.223 e. The summed E-state index contributed by atoms with van der Waals surface area (Å²) in [5.74, 6) is 0. The molecule has 1 nitrogen and oxygen atoms in total. The van der Waals surface area contributed by atoms with E-state index in [2.05, 4.69) is 17.7 Å². The normalized spacial score (nSPS) is 3.75. The van der Waals surface area contributed by atoms with Crippen LogP contribution in [0.5, 0.6) is 0 Å². The number of nitrogens with one attached hydrogen (secondary N) is 1. The average Bonchev–Trinajstić information content (AvgIpc) is 1.37. The van der Waals surface area contributed by atoms with Crippen molar-refractivity contribution in [3.63, 3.8) is 0 Å². The summed E-state index contributed by atoms with van der Waals surface area (Å²) in [5, 5.41) is 2.46. The Morgan fingerprint density at radius 2 is 2.25 bits per heavy atom. The molecule has 0 aromatic carbocycles. The summed E-state index contributed by atoms with van der Waals surface area (Å²) in [6.07, 6.45) is 4.67. The van der Waals surface area contributed by atoms with Crippen LogP contribution in [0.15, 0.2) is 0 Å². The van der Waals surface area contributed by atoms with Crippen LogP contribution < -0.4 is 5.23 Å². The molecule has 0 aliphatic carbocycles. The molecule has 0 saturated heterocycles. The van der Waals surface area contributed by atoms with E-state index in [1.54, 1.807) is 7.98 Å². The molecule has 0 rings (SSSR count). The second kappa shape index (κ2) is 2.42. The fourth-order valence-corrected chi connectivity index (χ4v) is 0. The van der Waals surface area contributed by atoms with Crippen LogP contribution in [-0.4, -0.2) is 7.98 Å². The summed E-state index contributed by atoms with van der Waals surface area (Å²) in [6, 6.07) is 2.18. The van der Waals surface area contributed by atoms with Crippen LogP contribution in [0.25, 0.3) is 0 Å². The monoisotopic (exact) mass is 53.0 g/mol. The van der Waals surface area contributed by atoms with Crippen LogP contribution in [0.4, 0.5) is 0 Å². The van der Waals surface area contributed by atoms with Gasteiger partial charge >= 0.3 is 0 Å². The first-order valence-corrected chi connectivity index (χ1v) is 1.04. The molecule has 0 amide bonds. The lowest BCUT2D eigenvalue weighted by Crippen LogP contribution is -1.93. The first-order chi connectivity index (χ1) is 1.91. The van der Waals surface area contributed by atoms with Crippen molar-refractivity contribution in [2.24, 2.45) is 0 Å². The zero-order valence-corrected chi connectivity index (χ0v) is 2.58. The first-order valence-electron chi connectivity index (χ1n) is 1.04. The van der Waals surface area contributed by atoms with Crippen LogP contribution in [0.2, 0.25) is 0 Å². The van der Waals surface area contributed by atoms with Gasteiger partial charge in [0, 0.05) is 0 Å². The molecule has 1 N–H and O–H groups in total. The van der Waals surface area contributed by atoms with Gasteiger partial charge in [-0.25, -0.2) is 0 Å². The third-order valence-electron chi connectivity index (χ3n) is 0.144. The molecule has 0 aromatic rings. The van der Waals surface area contributed by atoms with Gasteiger partial charge in [-0.3, -0.25) is 0 Å². The highest BCUT2D eigenvalue weighted by molar-refractivity contribution is 6.05. The lowest BCUT2D eigenvalue weighted by atomic mass is 10.5. The Kier molecular flexibility index (Phi) is 2.08. The maximum absolute atomic E-state index is 4.67. The molecule has 0 radical (unpaired) electrons. The molecule has 2 heteroatoms. The summed E-state index contributed by atoms with van der Waals surface area (Å²) >= 11 is 0. The molecule has 0 bridgehead atoms. The Bertz CT molecular complexity index is 35.8. The molecule has 0 heterocycles. The minimum atomic E-state index is 1.69. The van der Waals surface area contributed by atoms with Gasteiger partial charge in [-0.1, -0.05) is 6.42 Å². The molecule has 0 saturated carbocycles. The van der Waals surface area contributed by atoms with Crippen molar-refractivity contribution in [3.05, 3.63) is 0 Å². The Balaban J connectivity index is 2.43. The highest BCUT2D eigenvalue weighted by Gasteiger charge is 1.36. The minimum absolute atomic E-state index is 1.69. The van der Waals surface area contributed by atoms with Crippen molar-refractivity contribution in [1.82, 2.24) is 5.23 Å². The van der Waals surface area contributed by atoms with Crippen molar-refractivity contribution in [3.8, 4) is 12.5 Å². The molecule has 0 aliphatic heterocycles. The van der Waals surface area contributed by atoms with Gasteiger partial charge in [0.05, 0.1) is 0 Å². The van der Waals surface area contributed by atoms with Crippen LogP contribution in [0, 0.1) is 12.5 Å². The number of terminal acetylenes is 1. The Morgan fingerprint density at radius 3 is 2.25 bits per heavy atom. The lowest BCUT2D eigenvalue weighted by molar-refractivity contribution is 1.49. The van der Waals surface area contributed by atoms with Gasteiger partial charge in [0.25, 0.3) is 0 Å². The van der Waals surface area contributed by atoms with Gasteiger partial charge in [-0.15, -0.1) is 0 Å². The molecule has 0 aromatic heterocycles. The molecular formula is C2H4BN. The number of hydrogen-bond acceptors (Lipinski definition) is 1. The largest absolute Gasteiger partial charge is 0.395 e. The second-order valence-electron chi connectivity index (χ2n) is 0.394. The molecule has 0 unspecified atom stereocenters. The summed E-state index contributed by atoms with van der Waals surface area (Å²) < 4.78 is 0. The zero-order valence-electron chi connectivity index (χ0n) is 2.58. The zero-order chi connectivity index (χ0) is 3.41. The Hall–Kier alpha value is -0.575. The summed E-state index contributed by atoms with van der Waals surface area (Å²) in [5.41, 5.74) is 0. The van der Waals surface area contributed by atoms with Gasteiger partial charge in [0.1, 0.15) is 0 Å². The quantitative estimate of drug-likeness (QED) is 0.206. The Morgan fingerprint density at radius 1 is 2.00 bits per heavy atom. The highest BCUT2D eigenvalue weighted by Crippen LogP contribution is 1.14. The topological polar surface area (TPSA) is 12.0 Å². The van der Waals surface area contributed by atoms with E-state index in [4.69, 9.17) is 0 Å². The summed E-state index contributed by atoms with van der Waals surface area (Å²) in [6.45, 7) is 0. The Labute approximate surface area is 26.8 Å². The van der Waals surface area contributed by atoms with E-state index in [-0.39, 0.29) is 0 Å². The van der Waals surface area contributed by atoms with Crippen LogP contribution in [-0.2, 0) is 0 Å². The maximum Gasteiger partial charge on any atom is 0.223 e. The average molecular weight is 52.9 g/mol. The fourth-order valence-electron chi connectivity index (χ4n) is 0.